The van der Waals surface area contributed by atoms with Gasteiger partial charge in [0.25, 0.3) is 0 Å². The second kappa shape index (κ2) is 10.1. The summed E-state index contributed by atoms with van der Waals surface area (Å²) in [5.74, 6) is 0.424. The Morgan fingerprint density at radius 3 is 2.74 bits per heavy atom. The monoisotopic (exact) mass is 588 g/mol. The Hall–Kier alpha value is -3.83. The van der Waals surface area contributed by atoms with Crippen LogP contribution in [0.3, 0.4) is 0 Å². The highest BCUT2D eigenvalue weighted by atomic mass is 19.1. The Labute approximate surface area is 247 Å². The minimum atomic E-state index is -0.878. The number of benzene rings is 2. The number of pyridine rings is 1. The van der Waals surface area contributed by atoms with Crippen LogP contribution in [0.5, 0.6) is 17.6 Å². The van der Waals surface area contributed by atoms with Crippen molar-refractivity contribution in [2.75, 3.05) is 44.8 Å². The number of anilines is 1. The number of aromatic nitrogens is 3. The highest BCUT2D eigenvalue weighted by Crippen LogP contribution is 2.43. The van der Waals surface area contributed by atoms with Crippen molar-refractivity contribution in [3.63, 3.8) is 0 Å². The number of hydrogen-bond donors (Lipinski definition) is 2. The Morgan fingerprint density at radius 2 is 1.93 bits per heavy atom. The summed E-state index contributed by atoms with van der Waals surface area (Å²) < 4.78 is 43.0. The van der Waals surface area contributed by atoms with Crippen molar-refractivity contribution in [3.05, 3.63) is 42.3 Å². The molecule has 2 bridgehead atoms. The summed E-state index contributed by atoms with van der Waals surface area (Å²) in [6.45, 7) is 3.04. The van der Waals surface area contributed by atoms with Gasteiger partial charge in [-0.2, -0.15) is 9.97 Å². The number of alkyl halides is 1. The molecule has 4 fully saturated rings. The van der Waals surface area contributed by atoms with Crippen LogP contribution in [0.1, 0.15) is 32.1 Å². The Balaban J connectivity index is 1.26. The van der Waals surface area contributed by atoms with E-state index in [0.717, 1.165) is 45.3 Å². The van der Waals surface area contributed by atoms with Crippen LogP contribution in [0.4, 0.5) is 14.6 Å². The van der Waals surface area contributed by atoms with Gasteiger partial charge in [0.2, 0.25) is 5.88 Å². The van der Waals surface area contributed by atoms with E-state index in [1.165, 1.54) is 13.2 Å². The van der Waals surface area contributed by atoms with Crippen LogP contribution in [0.2, 0.25) is 0 Å². The van der Waals surface area contributed by atoms with Crippen molar-refractivity contribution in [2.45, 2.75) is 55.9 Å². The van der Waals surface area contributed by atoms with Gasteiger partial charge in [0.05, 0.1) is 18.0 Å². The Kier molecular flexibility index (Phi) is 6.30. The number of phenolic OH excluding ortho intramolecular Hbond substituents is 1. The summed E-state index contributed by atoms with van der Waals surface area (Å²) >= 11 is 0. The molecule has 0 aliphatic carbocycles. The number of hydrogen-bond acceptors (Lipinski definition) is 9. The molecule has 43 heavy (non-hydrogen) atoms. The highest BCUT2D eigenvalue weighted by molar-refractivity contribution is 6.03. The van der Waals surface area contributed by atoms with Gasteiger partial charge in [-0.05, 0) is 61.9 Å². The minimum Gasteiger partial charge on any atom is -0.508 e. The Morgan fingerprint density at radius 1 is 1.09 bits per heavy atom. The maximum atomic E-state index is 16.8. The van der Waals surface area contributed by atoms with Crippen molar-refractivity contribution >= 4 is 27.5 Å². The van der Waals surface area contributed by atoms with Gasteiger partial charge in [-0.15, -0.1) is 0 Å². The number of nitrogens with zero attached hydrogens (tertiary/aromatic N) is 5. The number of phenols is 1. The maximum Gasteiger partial charge on any atom is 0.319 e. The van der Waals surface area contributed by atoms with E-state index in [4.69, 9.17) is 14.5 Å². The van der Waals surface area contributed by atoms with E-state index >= 15 is 4.39 Å². The number of ether oxygens (including phenoxy) is 2. The molecule has 0 unspecified atom stereocenters. The van der Waals surface area contributed by atoms with Gasteiger partial charge < -0.3 is 24.8 Å². The van der Waals surface area contributed by atoms with Gasteiger partial charge in [-0.3, -0.25) is 4.90 Å². The first kappa shape index (κ1) is 26.8. The summed E-state index contributed by atoms with van der Waals surface area (Å²) in [5, 5.41) is 16.1. The lowest BCUT2D eigenvalue weighted by atomic mass is 9.95. The second-order valence-electron chi connectivity index (χ2n) is 12.5. The topological polar surface area (TPSA) is 95.9 Å². The lowest BCUT2D eigenvalue weighted by Crippen LogP contribution is -2.51. The molecule has 6 heterocycles. The third-order valence-corrected chi connectivity index (χ3v) is 9.81. The SMILES string of the molecule is COc1nccc2cc(O)cc(-c3ccc4c(N5C[C@H]6CC[C@@H](C5)N6)nc(OC[C@@]56CCCN5C[C@H](F)C6)nc4c3F)c12. The fourth-order valence-corrected chi connectivity index (χ4v) is 7.89. The summed E-state index contributed by atoms with van der Waals surface area (Å²) in [6.07, 6.45) is 5.17. The second-order valence-corrected chi connectivity index (χ2v) is 12.5. The summed E-state index contributed by atoms with van der Waals surface area (Å²) in [4.78, 5) is 18.2. The molecule has 224 valence electrons. The normalized spacial score (nSPS) is 26.9. The molecule has 2 aromatic carbocycles. The van der Waals surface area contributed by atoms with Gasteiger partial charge in [0.15, 0.2) is 5.82 Å². The fraction of sp³-hybridized carbons (Fsp3) is 0.469. The smallest absolute Gasteiger partial charge is 0.319 e. The standard InChI is InChI=1S/C32H34F2N6O3/c1-42-30-26-18(7-9-35-30)11-22(41)12-25(26)23-5-6-24-28(27(23)34)37-31(38-29(24)39-15-20-3-4-21(16-39)36-20)43-17-32-8-2-10-40(32)14-19(33)13-32/h5-7,9,11-12,19-21,36,41H,2-4,8,10,13-17H2,1H3/t19-,20-,21+,32+/m1/s1. The molecule has 11 heteroatoms. The van der Waals surface area contributed by atoms with Crippen LogP contribution < -0.4 is 19.7 Å². The van der Waals surface area contributed by atoms with Gasteiger partial charge in [0.1, 0.15) is 29.9 Å². The summed E-state index contributed by atoms with van der Waals surface area (Å²) in [5.41, 5.74) is 0.462. The maximum absolute atomic E-state index is 16.8. The minimum absolute atomic E-state index is 0.00189. The van der Waals surface area contributed by atoms with Crippen LogP contribution in [-0.2, 0) is 0 Å². The van der Waals surface area contributed by atoms with Crippen LogP contribution in [0.15, 0.2) is 36.5 Å². The lowest BCUT2D eigenvalue weighted by molar-refractivity contribution is 0.107. The van der Waals surface area contributed by atoms with E-state index in [9.17, 15) is 9.50 Å². The number of nitrogens with one attached hydrogen (secondary N) is 1. The molecule has 4 atom stereocenters. The van der Waals surface area contributed by atoms with E-state index < -0.39 is 12.0 Å². The van der Waals surface area contributed by atoms with Crippen molar-refractivity contribution in [1.29, 1.82) is 0 Å². The number of methoxy groups -OCH3 is 1. The lowest BCUT2D eigenvalue weighted by Gasteiger charge is -2.34. The molecule has 0 spiro atoms. The van der Waals surface area contributed by atoms with Gasteiger partial charge in [-0.1, -0.05) is 6.07 Å². The number of piperazine rings is 1. The molecule has 8 rings (SSSR count). The first-order chi connectivity index (χ1) is 20.9. The third kappa shape index (κ3) is 4.43. The third-order valence-electron chi connectivity index (χ3n) is 9.81. The molecule has 0 radical (unpaired) electrons. The molecular formula is C32H34F2N6O3. The van der Waals surface area contributed by atoms with Crippen molar-refractivity contribution < 1.29 is 23.4 Å². The molecule has 4 aliphatic heterocycles. The molecule has 4 aliphatic rings. The molecular weight excluding hydrogens is 554 g/mol. The van der Waals surface area contributed by atoms with E-state index in [1.54, 1.807) is 24.4 Å². The van der Waals surface area contributed by atoms with Gasteiger partial charge >= 0.3 is 6.01 Å². The summed E-state index contributed by atoms with van der Waals surface area (Å²) in [7, 11) is 1.51. The highest BCUT2D eigenvalue weighted by Gasteiger charge is 2.49. The van der Waals surface area contributed by atoms with Crippen molar-refractivity contribution in [1.82, 2.24) is 25.2 Å². The van der Waals surface area contributed by atoms with Crippen LogP contribution in [0, 0.1) is 5.82 Å². The van der Waals surface area contributed by atoms with E-state index in [0.29, 0.717) is 58.5 Å². The predicted molar refractivity (Wildman–Crippen MR) is 159 cm³/mol. The molecule has 2 aromatic heterocycles. The zero-order valence-corrected chi connectivity index (χ0v) is 24.0. The zero-order chi connectivity index (χ0) is 29.3. The van der Waals surface area contributed by atoms with Crippen LogP contribution in [-0.4, -0.2) is 88.6 Å². The molecule has 2 N–H and O–H groups in total. The number of aromatic hydroxyl groups is 1. The molecule has 4 saturated heterocycles. The molecule has 4 aromatic rings. The zero-order valence-electron chi connectivity index (χ0n) is 24.0. The van der Waals surface area contributed by atoms with E-state index in [2.05, 4.69) is 25.1 Å². The molecule has 9 nitrogen and oxygen atoms in total. The Bertz CT molecular complexity index is 1730. The predicted octanol–water partition coefficient (Wildman–Crippen LogP) is 4.59. The number of rotatable bonds is 6. The quantitative estimate of drug-likeness (QED) is 0.335. The van der Waals surface area contributed by atoms with E-state index in [1.807, 2.05) is 6.07 Å². The molecule has 0 saturated carbocycles. The summed E-state index contributed by atoms with van der Waals surface area (Å²) in [6, 6.07) is 9.21. The van der Waals surface area contributed by atoms with E-state index in [-0.39, 0.29) is 35.0 Å². The first-order valence-corrected chi connectivity index (χ1v) is 15.1. The van der Waals surface area contributed by atoms with Gasteiger partial charge in [0, 0.05) is 60.8 Å². The molecule has 0 amide bonds. The number of halogens is 2. The van der Waals surface area contributed by atoms with Gasteiger partial charge in [-0.25, -0.2) is 13.8 Å². The number of fused-ring (bicyclic) bond motifs is 5. The average Bonchev–Trinajstić information content (AvgIpc) is 3.65. The fourth-order valence-electron chi connectivity index (χ4n) is 7.89. The first-order valence-electron chi connectivity index (χ1n) is 15.1. The average molecular weight is 589 g/mol. The van der Waals surface area contributed by atoms with Crippen molar-refractivity contribution in [3.8, 4) is 28.8 Å². The van der Waals surface area contributed by atoms with Crippen LogP contribution >= 0.6 is 0 Å². The van der Waals surface area contributed by atoms with Crippen LogP contribution in [0.25, 0.3) is 32.8 Å². The largest absolute Gasteiger partial charge is 0.508 e. The van der Waals surface area contributed by atoms with Crippen molar-refractivity contribution in [2.24, 2.45) is 0 Å².